The summed E-state index contributed by atoms with van der Waals surface area (Å²) < 4.78 is 0. The third-order valence-corrected chi connectivity index (χ3v) is 0. The molecule has 0 aliphatic carbocycles. The van der Waals surface area contributed by atoms with E-state index in [1.165, 1.54) is 0 Å². The van der Waals surface area contributed by atoms with E-state index < -0.39 is 0 Å². The van der Waals surface area contributed by atoms with E-state index in [9.17, 15) is 0 Å². The monoisotopic (exact) mass is 148 g/mol. The topological polar surface area (TPSA) is 12.0 Å². The third-order valence-electron chi connectivity index (χ3n) is 0. The quantitative estimate of drug-likeness (QED) is 0.491. The number of rotatable bonds is 0. The molecule has 2 heteroatoms. The van der Waals surface area contributed by atoms with Crippen LogP contribution in [0.25, 0.3) is 0 Å². The van der Waals surface area contributed by atoms with E-state index in [0.717, 1.165) is 0 Å². The summed E-state index contributed by atoms with van der Waals surface area (Å²) in [5.41, 5.74) is 0. The van der Waals surface area contributed by atoms with Crippen LogP contribution in [0.4, 0.5) is 0 Å². The largest absolute Gasteiger partial charge is 0.475 e. The van der Waals surface area contributed by atoms with Gasteiger partial charge in [-0.25, -0.2) is 0 Å². The van der Waals surface area contributed by atoms with Gasteiger partial charge in [0.2, 0.25) is 0 Å². The van der Waals surface area contributed by atoms with Crippen molar-refractivity contribution in [2.24, 2.45) is 0 Å². The first-order valence-electron chi connectivity index (χ1n) is 0.854. The first kappa shape index (κ1) is 16.6. The Morgan fingerprint density at radius 2 is 1.60 bits per heavy atom. The Labute approximate surface area is 59.4 Å². The fraction of sp³-hybridized carbons (Fsp3) is 0.333. The second-order valence-corrected chi connectivity index (χ2v) is 0.354. The summed E-state index contributed by atoms with van der Waals surface area (Å²) in [6.45, 7) is 0. The van der Waals surface area contributed by atoms with Gasteiger partial charge in [-0.15, -0.1) is 0 Å². The van der Waals surface area contributed by atoms with Crippen molar-refractivity contribution in [3.8, 4) is 0 Å². The van der Waals surface area contributed by atoms with Crippen LogP contribution in [0, 0.1) is 14.5 Å². The van der Waals surface area contributed by atoms with Gasteiger partial charge in [-0.05, 0) is 7.05 Å². The maximum atomic E-state index is 3.24. The van der Waals surface area contributed by atoms with E-state index in [1.54, 1.807) is 7.05 Å². The maximum absolute atomic E-state index is 3.24. The number of hydrogen-bond acceptors (Lipinski definition) is 1. The van der Waals surface area contributed by atoms with Crippen LogP contribution < -0.4 is 5.32 Å². The van der Waals surface area contributed by atoms with Crippen LogP contribution in [0.5, 0.6) is 0 Å². The van der Waals surface area contributed by atoms with Crippen LogP contribution in [-0.2, 0) is 32.7 Å². The summed E-state index contributed by atoms with van der Waals surface area (Å²) in [5.74, 6) is 0. The van der Waals surface area contributed by atoms with E-state index in [1.807, 2.05) is 0 Å². The Morgan fingerprint density at radius 1 is 1.60 bits per heavy atom. The predicted octanol–water partition coefficient (Wildman–Crippen LogP) is 0.445. The Kier molecular flexibility index (Phi) is 65.0. The van der Waals surface area contributed by atoms with E-state index in [2.05, 4.69) is 12.4 Å². The third kappa shape index (κ3) is 42.0. The van der Waals surface area contributed by atoms with Crippen LogP contribution in [0.1, 0.15) is 0 Å². The average molecular weight is 148 g/mol. The molecular weight excluding hydrogens is 139 g/mol. The van der Waals surface area contributed by atoms with Crippen molar-refractivity contribution >= 4 is 0 Å². The zero-order valence-corrected chi connectivity index (χ0v) is 6.62. The Balaban J connectivity index is -0.0000000200. The minimum Gasteiger partial charge on any atom is -0.475 e. The molecule has 0 atom stereocenters. The number of nitrogens with one attached hydrogen (secondary N) is 1. The summed E-state index contributed by atoms with van der Waals surface area (Å²) in [5, 5.41) is 2.50. The minimum absolute atomic E-state index is 0. The summed E-state index contributed by atoms with van der Waals surface area (Å²) >= 11 is 0. The molecule has 1 radical (unpaired) electrons. The van der Waals surface area contributed by atoms with E-state index in [4.69, 9.17) is 0 Å². The van der Waals surface area contributed by atoms with E-state index in [0.29, 0.717) is 0 Å². The van der Waals surface area contributed by atoms with Gasteiger partial charge in [0.05, 0.1) is 0 Å². The molecule has 0 aliphatic heterocycles. The van der Waals surface area contributed by atoms with Crippen molar-refractivity contribution in [2.45, 2.75) is 0 Å². The van der Waals surface area contributed by atoms with Crippen molar-refractivity contribution in [2.75, 3.05) is 7.05 Å². The summed E-state index contributed by atoms with van der Waals surface area (Å²) in [6.07, 6.45) is 0. The first-order valence-corrected chi connectivity index (χ1v) is 0.854. The zero-order valence-electron chi connectivity index (χ0n) is 3.78. The first-order chi connectivity index (χ1) is 1.41. The second-order valence-electron chi connectivity index (χ2n) is 0.354. The van der Waals surface area contributed by atoms with Crippen molar-refractivity contribution in [3.05, 3.63) is 14.5 Å². The average Bonchev–Trinajstić information content (AvgIpc) is 0.918. The molecule has 31 valence electrons. The predicted molar refractivity (Wildman–Crippen MR) is 20.8 cm³/mol. The second kappa shape index (κ2) is 19.6. The molecule has 0 aromatic heterocycles. The molecule has 5 heavy (non-hydrogen) atoms. The molecule has 1 N–H and O–H groups in total. The van der Waals surface area contributed by atoms with Crippen molar-refractivity contribution in [1.82, 2.24) is 5.32 Å². The molecular formula is C3H9NY-2. The molecule has 0 fully saturated rings. The molecule has 0 spiro atoms. The normalized spacial score (nSPS) is 3.60. The number of hydrogen-bond donors (Lipinski definition) is 1. The summed E-state index contributed by atoms with van der Waals surface area (Å²) in [4.78, 5) is 0. The van der Waals surface area contributed by atoms with Gasteiger partial charge in [0.1, 0.15) is 0 Å². The van der Waals surface area contributed by atoms with Crippen molar-refractivity contribution < 1.29 is 32.7 Å². The fourth-order valence-corrected chi connectivity index (χ4v) is 0. The van der Waals surface area contributed by atoms with E-state index in [-0.39, 0.29) is 40.1 Å². The van der Waals surface area contributed by atoms with Gasteiger partial charge < -0.3 is 12.7 Å². The molecule has 0 amide bonds. The standard InChI is InChI=1S/C2H6N.CH3.Y/c1-3-2;;/h3H,1H2,2H3;1H3;/q2*-1;. The zero-order chi connectivity index (χ0) is 2.71. The van der Waals surface area contributed by atoms with Gasteiger partial charge in [-0.1, -0.05) is 0 Å². The Hall–Kier alpha value is 1.06. The van der Waals surface area contributed by atoms with Crippen LogP contribution in [0.3, 0.4) is 0 Å². The Morgan fingerprint density at radius 3 is 1.60 bits per heavy atom. The van der Waals surface area contributed by atoms with Crippen LogP contribution in [0.15, 0.2) is 0 Å². The molecule has 0 heterocycles. The van der Waals surface area contributed by atoms with E-state index >= 15 is 0 Å². The van der Waals surface area contributed by atoms with Crippen LogP contribution >= 0.6 is 0 Å². The molecule has 0 saturated carbocycles. The molecule has 0 saturated heterocycles. The van der Waals surface area contributed by atoms with Crippen molar-refractivity contribution in [1.29, 1.82) is 0 Å². The summed E-state index contributed by atoms with van der Waals surface area (Å²) in [7, 11) is 5.00. The molecule has 0 rings (SSSR count). The van der Waals surface area contributed by atoms with Gasteiger partial charge in [0.25, 0.3) is 0 Å². The van der Waals surface area contributed by atoms with Crippen molar-refractivity contribution in [3.63, 3.8) is 0 Å². The molecule has 0 aliphatic rings. The molecule has 0 aromatic rings. The van der Waals surface area contributed by atoms with Gasteiger partial charge in [-0.2, -0.15) is 0 Å². The molecule has 1 nitrogen and oxygen atoms in total. The molecule has 0 aromatic carbocycles. The summed E-state index contributed by atoms with van der Waals surface area (Å²) in [6, 6.07) is 0. The minimum atomic E-state index is 0. The Bertz CT molecular complexity index is 6.85. The SMILES string of the molecule is [CH2-]NC.[CH3-].[Y]. The van der Waals surface area contributed by atoms with Gasteiger partial charge in [0.15, 0.2) is 0 Å². The molecule has 0 unspecified atom stereocenters. The van der Waals surface area contributed by atoms with Gasteiger partial charge in [-0.3, -0.25) is 7.05 Å². The smallest absolute Gasteiger partial charge is 0 e. The maximum Gasteiger partial charge on any atom is 0 e. The molecule has 0 bridgehead atoms. The van der Waals surface area contributed by atoms with Crippen LogP contribution in [0.2, 0.25) is 0 Å². The van der Waals surface area contributed by atoms with Crippen LogP contribution in [-0.4, -0.2) is 7.05 Å². The van der Waals surface area contributed by atoms with Gasteiger partial charge >= 0.3 is 0 Å². The fourth-order valence-electron chi connectivity index (χ4n) is 0. The van der Waals surface area contributed by atoms with Gasteiger partial charge in [0, 0.05) is 32.7 Å².